The van der Waals surface area contributed by atoms with E-state index in [2.05, 4.69) is 0 Å². The van der Waals surface area contributed by atoms with Crippen molar-refractivity contribution in [2.24, 2.45) is 0 Å². The lowest BCUT2D eigenvalue weighted by atomic mass is 10.0. The molecule has 2 unspecified atom stereocenters. The van der Waals surface area contributed by atoms with Crippen molar-refractivity contribution in [3.8, 4) is 0 Å². The molecule has 0 aliphatic heterocycles. The van der Waals surface area contributed by atoms with Crippen LogP contribution in [0.25, 0.3) is 0 Å². The highest BCUT2D eigenvalue weighted by Crippen LogP contribution is 2.22. The van der Waals surface area contributed by atoms with Crippen molar-refractivity contribution < 1.29 is 10.2 Å². The van der Waals surface area contributed by atoms with Crippen LogP contribution in [0.15, 0.2) is 18.2 Å². The lowest BCUT2D eigenvalue weighted by molar-refractivity contribution is 0.0320. The Morgan fingerprint density at radius 2 is 1.93 bits per heavy atom. The largest absolute Gasteiger partial charge is 0.391 e. The van der Waals surface area contributed by atoms with E-state index in [0.717, 1.165) is 5.56 Å². The molecule has 0 heterocycles. The van der Waals surface area contributed by atoms with Crippen LogP contribution in [0.4, 0.5) is 0 Å². The molecule has 0 saturated carbocycles. The normalized spacial score (nSPS) is 15.2. The molecule has 0 spiro atoms. The van der Waals surface area contributed by atoms with E-state index in [4.69, 9.17) is 28.3 Å². The molecule has 14 heavy (non-hydrogen) atoms. The van der Waals surface area contributed by atoms with E-state index in [1.54, 1.807) is 18.2 Å². The van der Waals surface area contributed by atoms with Gasteiger partial charge in [0, 0.05) is 16.5 Å². The summed E-state index contributed by atoms with van der Waals surface area (Å²) >= 11 is 11.6. The molecule has 2 atom stereocenters. The van der Waals surface area contributed by atoms with Crippen LogP contribution in [-0.4, -0.2) is 22.4 Å². The summed E-state index contributed by atoms with van der Waals surface area (Å²) in [6, 6.07) is 5.07. The average molecular weight is 235 g/mol. The van der Waals surface area contributed by atoms with Crippen molar-refractivity contribution in [1.82, 2.24) is 0 Å². The van der Waals surface area contributed by atoms with Gasteiger partial charge in [0.15, 0.2) is 0 Å². The Balaban J connectivity index is 2.77. The van der Waals surface area contributed by atoms with E-state index in [1.807, 2.05) is 0 Å². The van der Waals surface area contributed by atoms with E-state index in [9.17, 15) is 5.11 Å². The van der Waals surface area contributed by atoms with Crippen LogP contribution in [0.2, 0.25) is 10.0 Å². The molecule has 0 fully saturated rings. The number of benzene rings is 1. The zero-order chi connectivity index (χ0) is 10.7. The number of aliphatic hydroxyl groups is 2. The van der Waals surface area contributed by atoms with Gasteiger partial charge in [0.1, 0.15) is 0 Å². The molecule has 2 nitrogen and oxygen atoms in total. The van der Waals surface area contributed by atoms with Crippen molar-refractivity contribution in [2.45, 2.75) is 25.6 Å². The third-order valence-electron chi connectivity index (χ3n) is 2.00. The van der Waals surface area contributed by atoms with Crippen LogP contribution in [0.5, 0.6) is 0 Å². The standard InChI is InChI=1S/C10H12Cl2O2/c1-6(13)10(14)4-7-2-3-8(11)5-9(7)12/h2-3,5-6,10,13-14H,4H2,1H3. The maximum atomic E-state index is 9.43. The number of halogens is 2. The van der Waals surface area contributed by atoms with Gasteiger partial charge < -0.3 is 10.2 Å². The van der Waals surface area contributed by atoms with Gasteiger partial charge in [-0.25, -0.2) is 0 Å². The average Bonchev–Trinajstić information content (AvgIpc) is 2.09. The van der Waals surface area contributed by atoms with E-state index in [-0.39, 0.29) is 0 Å². The highest BCUT2D eigenvalue weighted by molar-refractivity contribution is 6.35. The van der Waals surface area contributed by atoms with Crippen LogP contribution in [0, 0.1) is 0 Å². The van der Waals surface area contributed by atoms with Gasteiger partial charge in [-0.05, 0) is 24.6 Å². The molecule has 1 aromatic rings. The number of hydrogen-bond acceptors (Lipinski definition) is 2. The fraction of sp³-hybridized carbons (Fsp3) is 0.400. The third-order valence-corrected chi connectivity index (χ3v) is 2.59. The van der Waals surface area contributed by atoms with E-state index in [1.165, 1.54) is 6.92 Å². The first-order chi connectivity index (χ1) is 6.50. The van der Waals surface area contributed by atoms with Gasteiger partial charge in [-0.3, -0.25) is 0 Å². The van der Waals surface area contributed by atoms with Gasteiger partial charge >= 0.3 is 0 Å². The maximum absolute atomic E-state index is 9.43. The predicted molar refractivity (Wildman–Crippen MR) is 57.9 cm³/mol. The molecular weight excluding hydrogens is 223 g/mol. The summed E-state index contributed by atoms with van der Waals surface area (Å²) < 4.78 is 0. The lowest BCUT2D eigenvalue weighted by Crippen LogP contribution is -2.24. The summed E-state index contributed by atoms with van der Waals surface area (Å²) in [5.74, 6) is 0. The second-order valence-corrected chi connectivity index (χ2v) is 4.09. The third kappa shape index (κ3) is 3.14. The first kappa shape index (κ1) is 11.8. The van der Waals surface area contributed by atoms with Crippen molar-refractivity contribution in [2.75, 3.05) is 0 Å². The zero-order valence-electron chi connectivity index (χ0n) is 7.74. The van der Waals surface area contributed by atoms with Crippen LogP contribution in [0.1, 0.15) is 12.5 Å². The molecule has 0 radical (unpaired) electrons. The van der Waals surface area contributed by atoms with Crippen molar-refractivity contribution >= 4 is 23.2 Å². The highest BCUT2D eigenvalue weighted by atomic mass is 35.5. The minimum atomic E-state index is -0.798. The summed E-state index contributed by atoms with van der Waals surface area (Å²) in [5, 5.41) is 19.6. The van der Waals surface area contributed by atoms with Gasteiger partial charge in [-0.1, -0.05) is 29.3 Å². The molecule has 0 aliphatic rings. The topological polar surface area (TPSA) is 40.5 Å². The van der Waals surface area contributed by atoms with Crippen molar-refractivity contribution in [3.63, 3.8) is 0 Å². The first-order valence-corrected chi connectivity index (χ1v) is 5.06. The second kappa shape index (κ2) is 4.99. The van der Waals surface area contributed by atoms with Crippen molar-refractivity contribution in [1.29, 1.82) is 0 Å². The smallest absolute Gasteiger partial charge is 0.0837 e. The zero-order valence-corrected chi connectivity index (χ0v) is 9.26. The van der Waals surface area contributed by atoms with E-state index < -0.39 is 12.2 Å². The minimum Gasteiger partial charge on any atom is -0.391 e. The van der Waals surface area contributed by atoms with Crippen LogP contribution < -0.4 is 0 Å². The monoisotopic (exact) mass is 234 g/mol. The predicted octanol–water partition coefficient (Wildman–Crippen LogP) is 2.28. The molecule has 0 amide bonds. The summed E-state index contributed by atoms with van der Waals surface area (Å²) in [6.07, 6.45) is -1.23. The summed E-state index contributed by atoms with van der Waals surface area (Å²) in [6.45, 7) is 1.54. The van der Waals surface area contributed by atoms with Gasteiger partial charge in [0.05, 0.1) is 12.2 Å². The maximum Gasteiger partial charge on any atom is 0.0837 e. The summed E-state index contributed by atoms with van der Waals surface area (Å²) in [7, 11) is 0. The molecule has 1 rings (SSSR count). The Bertz CT molecular complexity index is 313. The highest BCUT2D eigenvalue weighted by Gasteiger charge is 2.13. The number of rotatable bonds is 3. The lowest BCUT2D eigenvalue weighted by Gasteiger charge is -2.14. The van der Waals surface area contributed by atoms with Crippen LogP contribution in [-0.2, 0) is 6.42 Å². The van der Waals surface area contributed by atoms with Crippen molar-refractivity contribution in [3.05, 3.63) is 33.8 Å². The summed E-state index contributed by atoms with van der Waals surface area (Å²) in [4.78, 5) is 0. The second-order valence-electron chi connectivity index (χ2n) is 3.25. The van der Waals surface area contributed by atoms with E-state index in [0.29, 0.717) is 16.5 Å². The Labute approximate surface area is 93.1 Å². The molecule has 0 aliphatic carbocycles. The Morgan fingerprint density at radius 1 is 1.29 bits per heavy atom. The Kier molecular flexibility index (Phi) is 4.20. The molecule has 4 heteroatoms. The first-order valence-electron chi connectivity index (χ1n) is 4.30. The molecule has 1 aromatic carbocycles. The molecular formula is C10H12Cl2O2. The molecule has 0 saturated heterocycles. The van der Waals surface area contributed by atoms with Gasteiger partial charge in [0.2, 0.25) is 0 Å². The molecule has 78 valence electrons. The van der Waals surface area contributed by atoms with Gasteiger partial charge in [-0.15, -0.1) is 0 Å². The molecule has 0 aromatic heterocycles. The van der Waals surface area contributed by atoms with Gasteiger partial charge in [-0.2, -0.15) is 0 Å². The van der Waals surface area contributed by atoms with E-state index >= 15 is 0 Å². The van der Waals surface area contributed by atoms with Crippen LogP contribution >= 0.6 is 23.2 Å². The quantitative estimate of drug-likeness (QED) is 0.843. The number of hydrogen-bond donors (Lipinski definition) is 2. The van der Waals surface area contributed by atoms with Crippen LogP contribution in [0.3, 0.4) is 0 Å². The fourth-order valence-electron chi connectivity index (χ4n) is 1.08. The molecule has 2 N–H and O–H groups in total. The molecule has 0 bridgehead atoms. The minimum absolute atomic E-state index is 0.327. The van der Waals surface area contributed by atoms with Gasteiger partial charge in [0.25, 0.3) is 0 Å². The summed E-state index contributed by atoms with van der Waals surface area (Å²) in [5.41, 5.74) is 0.782. The Hall–Kier alpha value is -0.280. The SMILES string of the molecule is CC(O)C(O)Cc1ccc(Cl)cc1Cl. The number of aliphatic hydroxyl groups excluding tert-OH is 2. The Morgan fingerprint density at radius 3 is 2.43 bits per heavy atom. The fourth-order valence-corrected chi connectivity index (χ4v) is 1.57.